The van der Waals surface area contributed by atoms with Crippen molar-refractivity contribution in [2.24, 2.45) is 5.92 Å². The van der Waals surface area contributed by atoms with Crippen LogP contribution in [0.15, 0.2) is 60.7 Å². The molecule has 4 rings (SSSR count). The zero-order chi connectivity index (χ0) is 21.5. The van der Waals surface area contributed by atoms with Gasteiger partial charge in [-0.3, -0.25) is 9.59 Å². The lowest BCUT2D eigenvalue weighted by Gasteiger charge is -2.37. The Morgan fingerprint density at radius 1 is 0.871 bits per heavy atom. The lowest BCUT2D eigenvalue weighted by molar-refractivity contribution is -0.929. The largest absolute Gasteiger partial charge is 0.347 e. The molecule has 5 nitrogen and oxygen atoms in total. The van der Waals surface area contributed by atoms with Crippen LogP contribution in [0.5, 0.6) is 0 Å². The monoisotopic (exact) mass is 420 g/mol. The second kappa shape index (κ2) is 10.6. The van der Waals surface area contributed by atoms with Crippen molar-refractivity contribution in [3.05, 3.63) is 71.8 Å². The Hall–Kier alpha value is -2.66. The summed E-state index contributed by atoms with van der Waals surface area (Å²) in [5.74, 6) is 0.199. The Balaban J connectivity index is 1.33. The fourth-order valence-electron chi connectivity index (χ4n) is 5.07. The minimum absolute atomic E-state index is 0.0409. The summed E-state index contributed by atoms with van der Waals surface area (Å²) in [4.78, 5) is 28.5. The van der Waals surface area contributed by atoms with Gasteiger partial charge in [0.2, 0.25) is 11.8 Å². The number of hydrogen-bond acceptors (Lipinski definition) is 2. The molecule has 5 heteroatoms. The van der Waals surface area contributed by atoms with Crippen molar-refractivity contribution in [3.63, 3.8) is 0 Å². The zero-order valence-corrected chi connectivity index (χ0v) is 18.3. The average molecular weight is 421 g/mol. The van der Waals surface area contributed by atoms with Crippen molar-refractivity contribution in [1.29, 1.82) is 0 Å². The van der Waals surface area contributed by atoms with E-state index in [0.29, 0.717) is 0 Å². The van der Waals surface area contributed by atoms with Gasteiger partial charge in [-0.2, -0.15) is 0 Å². The number of rotatable bonds is 6. The van der Waals surface area contributed by atoms with Crippen LogP contribution >= 0.6 is 0 Å². The van der Waals surface area contributed by atoms with Gasteiger partial charge in [0.15, 0.2) is 0 Å². The van der Waals surface area contributed by atoms with Gasteiger partial charge in [0.05, 0.1) is 32.7 Å². The van der Waals surface area contributed by atoms with Gasteiger partial charge in [-0.25, -0.2) is 0 Å². The van der Waals surface area contributed by atoms with Gasteiger partial charge in [0, 0.05) is 17.0 Å². The first-order valence-corrected chi connectivity index (χ1v) is 11.7. The van der Waals surface area contributed by atoms with E-state index in [4.69, 9.17) is 0 Å². The van der Waals surface area contributed by atoms with E-state index in [0.717, 1.165) is 51.9 Å². The van der Waals surface area contributed by atoms with E-state index in [-0.39, 0.29) is 30.3 Å². The van der Waals surface area contributed by atoms with Gasteiger partial charge in [0.25, 0.3) is 0 Å². The molecule has 0 aromatic heterocycles. The predicted octanol–water partition coefficient (Wildman–Crippen LogP) is 2.20. The van der Waals surface area contributed by atoms with E-state index >= 15 is 0 Å². The summed E-state index contributed by atoms with van der Waals surface area (Å²) >= 11 is 0. The summed E-state index contributed by atoms with van der Waals surface area (Å²) in [6.07, 6.45) is 5.40. The van der Waals surface area contributed by atoms with Gasteiger partial charge < -0.3 is 15.1 Å². The number of amides is 2. The van der Waals surface area contributed by atoms with E-state index in [1.165, 1.54) is 22.4 Å². The zero-order valence-electron chi connectivity index (χ0n) is 18.3. The van der Waals surface area contributed by atoms with E-state index in [9.17, 15) is 9.59 Å². The average Bonchev–Trinajstić information content (AvgIpc) is 2.85. The van der Waals surface area contributed by atoms with Crippen LogP contribution < -0.4 is 10.2 Å². The Kier molecular flexibility index (Phi) is 7.36. The minimum Gasteiger partial charge on any atom is -0.347 e. The van der Waals surface area contributed by atoms with Crippen LogP contribution in [0.2, 0.25) is 0 Å². The number of nitrogens with one attached hydrogen (secondary N) is 2. The van der Waals surface area contributed by atoms with Crippen LogP contribution in [0.4, 0.5) is 0 Å². The van der Waals surface area contributed by atoms with Crippen molar-refractivity contribution in [1.82, 2.24) is 10.2 Å². The van der Waals surface area contributed by atoms with E-state index in [1.54, 1.807) is 0 Å². The first-order chi connectivity index (χ1) is 15.2. The second-order valence-electron chi connectivity index (χ2n) is 8.85. The molecule has 2 aliphatic rings. The van der Waals surface area contributed by atoms with Gasteiger partial charge in [-0.15, -0.1) is 0 Å². The molecule has 1 saturated heterocycles. The number of carbonyl (C=O) groups excluding carboxylic acids is 2. The maximum Gasteiger partial charge on any atom is 0.242 e. The molecule has 164 valence electrons. The van der Waals surface area contributed by atoms with Crippen molar-refractivity contribution in [2.75, 3.05) is 32.7 Å². The van der Waals surface area contributed by atoms with Gasteiger partial charge in [-0.1, -0.05) is 79.9 Å². The molecule has 0 spiro atoms. The molecule has 1 aliphatic heterocycles. The van der Waals surface area contributed by atoms with E-state index in [2.05, 4.69) is 66.0 Å². The lowest BCUT2D eigenvalue weighted by Crippen LogP contribution is -3.15. The molecule has 2 fully saturated rings. The summed E-state index contributed by atoms with van der Waals surface area (Å²) in [5, 5.41) is 2.90. The number of piperazine rings is 1. The molecule has 1 aliphatic carbocycles. The van der Waals surface area contributed by atoms with Gasteiger partial charge >= 0.3 is 0 Å². The topological polar surface area (TPSA) is 53.9 Å². The number of quaternary nitrogens is 1. The van der Waals surface area contributed by atoms with E-state index in [1.807, 2.05) is 4.90 Å². The van der Waals surface area contributed by atoms with Crippen LogP contribution in [0.1, 0.15) is 49.3 Å². The smallest absolute Gasteiger partial charge is 0.242 e. The lowest BCUT2D eigenvalue weighted by atomic mass is 9.89. The maximum absolute atomic E-state index is 12.7. The van der Waals surface area contributed by atoms with Crippen LogP contribution in [0.3, 0.4) is 0 Å². The van der Waals surface area contributed by atoms with Crippen molar-refractivity contribution < 1.29 is 14.5 Å². The first-order valence-electron chi connectivity index (χ1n) is 11.7. The van der Waals surface area contributed by atoms with Crippen molar-refractivity contribution in [2.45, 2.75) is 38.1 Å². The molecule has 2 N–H and O–H groups in total. The molecule has 0 atom stereocenters. The SMILES string of the molecule is O=C(NCC(=O)N1CC[NH+](C(c2ccccc2)c2ccccc2)CC1)C1CCCCC1. The summed E-state index contributed by atoms with van der Waals surface area (Å²) in [6.45, 7) is 3.38. The third-order valence-electron chi connectivity index (χ3n) is 6.82. The molecule has 0 unspecified atom stereocenters. The summed E-state index contributed by atoms with van der Waals surface area (Å²) in [7, 11) is 0. The quantitative estimate of drug-likeness (QED) is 0.753. The molecule has 0 radical (unpaired) electrons. The van der Waals surface area contributed by atoms with Crippen molar-refractivity contribution in [3.8, 4) is 0 Å². The van der Waals surface area contributed by atoms with Gasteiger partial charge in [-0.05, 0) is 12.8 Å². The van der Waals surface area contributed by atoms with Crippen LogP contribution in [0, 0.1) is 5.92 Å². The van der Waals surface area contributed by atoms with E-state index < -0.39 is 0 Å². The third-order valence-corrected chi connectivity index (χ3v) is 6.82. The molecule has 2 amide bonds. The summed E-state index contributed by atoms with van der Waals surface area (Å²) in [5.41, 5.74) is 2.62. The highest BCUT2D eigenvalue weighted by Crippen LogP contribution is 2.23. The minimum atomic E-state index is 0.0409. The molecule has 2 aromatic carbocycles. The highest BCUT2D eigenvalue weighted by molar-refractivity contribution is 5.85. The van der Waals surface area contributed by atoms with Crippen LogP contribution in [-0.2, 0) is 9.59 Å². The fourth-order valence-corrected chi connectivity index (χ4v) is 5.07. The normalized spacial score (nSPS) is 18.2. The predicted molar refractivity (Wildman–Crippen MR) is 122 cm³/mol. The molecule has 1 saturated carbocycles. The van der Waals surface area contributed by atoms with Crippen LogP contribution in [-0.4, -0.2) is 49.4 Å². The molecular weight excluding hydrogens is 386 g/mol. The molecule has 0 bridgehead atoms. The highest BCUT2D eigenvalue weighted by Gasteiger charge is 2.31. The Labute approximate surface area is 185 Å². The number of hydrogen-bond donors (Lipinski definition) is 2. The number of benzene rings is 2. The first kappa shape index (κ1) is 21.6. The Bertz CT molecular complexity index is 802. The molecule has 2 aromatic rings. The molecule has 1 heterocycles. The second-order valence-corrected chi connectivity index (χ2v) is 8.85. The maximum atomic E-state index is 12.7. The van der Waals surface area contributed by atoms with Gasteiger partial charge in [0.1, 0.15) is 6.04 Å². The molecular formula is C26H34N3O2+. The van der Waals surface area contributed by atoms with Crippen molar-refractivity contribution >= 4 is 11.8 Å². The summed E-state index contributed by atoms with van der Waals surface area (Å²) < 4.78 is 0. The Morgan fingerprint density at radius 2 is 1.42 bits per heavy atom. The third kappa shape index (κ3) is 5.53. The molecule has 31 heavy (non-hydrogen) atoms. The number of carbonyl (C=O) groups is 2. The fraction of sp³-hybridized carbons (Fsp3) is 0.462. The highest BCUT2D eigenvalue weighted by atomic mass is 16.2. The van der Waals surface area contributed by atoms with Crippen LogP contribution in [0.25, 0.3) is 0 Å². The Morgan fingerprint density at radius 3 is 1.97 bits per heavy atom. The summed E-state index contributed by atoms with van der Waals surface area (Å²) in [6, 6.07) is 21.6. The standard InChI is InChI=1S/C26H33N3O2/c30-24(20-27-26(31)23-14-8-3-9-15-23)28-16-18-29(19-17-28)25(21-10-4-1-5-11-21)22-12-6-2-7-13-22/h1-2,4-7,10-13,23,25H,3,8-9,14-20H2,(H,27,31)/p+1. The number of nitrogens with zero attached hydrogens (tertiary/aromatic N) is 1.